The van der Waals surface area contributed by atoms with Crippen LogP contribution in [-0.2, 0) is 4.74 Å². The number of hydrogen-bond acceptors (Lipinski definition) is 5. The molecule has 6 nitrogen and oxygen atoms in total. The number of nitrogens with zero attached hydrogens (tertiary/aromatic N) is 1. The molecular weight excluding hydrogens is 260 g/mol. The molecule has 2 heterocycles. The Hall–Kier alpha value is -2.11. The Kier molecular flexibility index (Phi) is 3.08. The maximum Gasteiger partial charge on any atom is 0.409 e. The number of likely N-dealkylation sites (tertiary alicyclic amines) is 1. The largest absolute Gasteiger partial charge is 0.485 e. The van der Waals surface area contributed by atoms with E-state index in [0.29, 0.717) is 31.1 Å². The van der Waals surface area contributed by atoms with Crippen molar-refractivity contribution < 1.29 is 19.0 Å². The molecule has 2 aliphatic heterocycles. The van der Waals surface area contributed by atoms with E-state index in [9.17, 15) is 4.79 Å². The number of rotatable bonds is 0. The highest BCUT2D eigenvalue weighted by atomic mass is 16.6. The van der Waals surface area contributed by atoms with Crippen LogP contribution in [0, 0.1) is 0 Å². The molecule has 0 radical (unpaired) electrons. The molecule has 2 aliphatic rings. The van der Waals surface area contributed by atoms with Crippen LogP contribution in [0.25, 0.3) is 0 Å². The molecule has 108 valence electrons. The van der Waals surface area contributed by atoms with E-state index in [2.05, 4.69) is 0 Å². The Morgan fingerprint density at radius 3 is 2.80 bits per heavy atom. The number of nitrogen functional groups attached to an aromatic ring is 1. The highest BCUT2D eigenvalue weighted by molar-refractivity contribution is 5.67. The van der Waals surface area contributed by atoms with Crippen LogP contribution in [0.5, 0.6) is 11.5 Å². The summed E-state index contributed by atoms with van der Waals surface area (Å²) in [7, 11) is 1.40. The van der Waals surface area contributed by atoms with E-state index in [1.165, 1.54) is 7.11 Å². The average Bonchev–Trinajstić information content (AvgIpc) is 2.48. The lowest BCUT2D eigenvalue weighted by molar-refractivity contribution is -0.0493. The molecule has 0 atom stereocenters. The summed E-state index contributed by atoms with van der Waals surface area (Å²) in [5, 5.41) is 0. The highest BCUT2D eigenvalue weighted by Gasteiger charge is 2.42. The number of hydrogen-bond donors (Lipinski definition) is 1. The minimum atomic E-state index is -0.354. The molecule has 0 unspecified atom stereocenters. The highest BCUT2D eigenvalue weighted by Crippen LogP contribution is 2.40. The number of amides is 1. The molecule has 0 aromatic heterocycles. The van der Waals surface area contributed by atoms with Crippen molar-refractivity contribution in [1.82, 2.24) is 4.90 Å². The number of methoxy groups -OCH3 is 1. The normalized spacial score (nSPS) is 19.8. The molecule has 2 N–H and O–H groups in total. The summed E-state index contributed by atoms with van der Waals surface area (Å²) in [5.74, 6) is 1.41. The van der Waals surface area contributed by atoms with E-state index >= 15 is 0 Å². The molecule has 1 aromatic carbocycles. The van der Waals surface area contributed by atoms with Crippen molar-refractivity contribution in [2.45, 2.75) is 18.4 Å². The Bertz CT molecular complexity index is 524. The van der Waals surface area contributed by atoms with Crippen LogP contribution >= 0.6 is 0 Å². The second-order valence-corrected chi connectivity index (χ2v) is 5.24. The number of nitrogens with two attached hydrogens (primary N) is 1. The van der Waals surface area contributed by atoms with Gasteiger partial charge in [0.15, 0.2) is 11.5 Å². The second-order valence-electron chi connectivity index (χ2n) is 5.24. The van der Waals surface area contributed by atoms with Crippen LogP contribution in [0.1, 0.15) is 12.8 Å². The van der Waals surface area contributed by atoms with Gasteiger partial charge in [0.1, 0.15) is 12.2 Å². The van der Waals surface area contributed by atoms with Gasteiger partial charge in [-0.15, -0.1) is 0 Å². The van der Waals surface area contributed by atoms with Gasteiger partial charge in [-0.1, -0.05) is 0 Å². The molecule has 1 spiro atoms. The summed E-state index contributed by atoms with van der Waals surface area (Å²) >= 11 is 0. The first-order valence-electron chi connectivity index (χ1n) is 6.66. The van der Waals surface area contributed by atoms with Crippen molar-refractivity contribution in [3.05, 3.63) is 18.2 Å². The van der Waals surface area contributed by atoms with Gasteiger partial charge in [0, 0.05) is 37.7 Å². The van der Waals surface area contributed by atoms with E-state index in [-0.39, 0.29) is 11.7 Å². The topological polar surface area (TPSA) is 74.0 Å². The lowest BCUT2D eigenvalue weighted by Crippen LogP contribution is -2.54. The summed E-state index contributed by atoms with van der Waals surface area (Å²) in [6.45, 7) is 1.71. The Labute approximate surface area is 117 Å². The molecule has 0 aliphatic carbocycles. The van der Waals surface area contributed by atoms with Gasteiger partial charge in [-0.2, -0.15) is 0 Å². The maximum absolute atomic E-state index is 11.5. The van der Waals surface area contributed by atoms with Crippen LogP contribution in [-0.4, -0.2) is 43.4 Å². The lowest BCUT2D eigenvalue weighted by atomic mass is 9.91. The fourth-order valence-electron chi connectivity index (χ4n) is 2.67. The van der Waals surface area contributed by atoms with E-state index in [1.54, 1.807) is 17.0 Å². The van der Waals surface area contributed by atoms with Gasteiger partial charge in [0.25, 0.3) is 0 Å². The van der Waals surface area contributed by atoms with Gasteiger partial charge in [-0.25, -0.2) is 4.79 Å². The van der Waals surface area contributed by atoms with E-state index in [0.717, 1.165) is 18.6 Å². The minimum Gasteiger partial charge on any atom is -0.485 e. The predicted molar refractivity (Wildman–Crippen MR) is 72.9 cm³/mol. The van der Waals surface area contributed by atoms with Crippen molar-refractivity contribution in [3.63, 3.8) is 0 Å². The predicted octanol–water partition coefficient (Wildman–Crippen LogP) is 1.64. The fourth-order valence-corrected chi connectivity index (χ4v) is 2.67. The summed E-state index contributed by atoms with van der Waals surface area (Å²) in [5.41, 5.74) is 6.03. The third-order valence-corrected chi connectivity index (χ3v) is 3.89. The SMILES string of the molecule is COC(=O)N1CCC2(CC1)COc1cc(N)ccc1O2. The summed E-state index contributed by atoms with van der Waals surface area (Å²) in [4.78, 5) is 13.2. The average molecular weight is 278 g/mol. The van der Waals surface area contributed by atoms with Gasteiger partial charge in [0.2, 0.25) is 0 Å². The van der Waals surface area contributed by atoms with Crippen LogP contribution < -0.4 is 15.2 Å². The molecule has 20 heavy (non-hydrogen) atoms. The lowest BCUT2D eigenvalue weighted by Gasteiger charge is -2.43. The van der Waals surface area contributed by atoms with Gasteiger partial charge in [-0.3, -0.25) is 0 Å². The number of benzene rings is 1. The zero-order valence-corrected chi connectivity index (χ0v) is 11.4. The van der Waals surface area contributed by atoms with E-state index in [4.69, 9.17) is 19.9 Å². The zero-order valence-electron chi connectivity index (χ0n) is 11.4. The maximum atomic E-state index is 11.5. The van der Waals surface area contributed by atoms with E-state index in [1.807, 2.05) is 6.07 Å². The molecule has 6 heteroatoms. The van der Waals surface area contributed by atoms with Crippen LogP contribution in [0.4, 0.5) is 10.5 Å². The van der Waals surface area contributed by atoms with Gasteiger partial charge in [0.05, 0.1) is 7.11 Å². The zero-order chi connectivity index (χ0) is 14.2. The van der Waals surface area contributed by atoms with Crippen molar-refractivity contribution in [2.75, 3.05) is 32.5 Å². The number of carbonyl (C=O) groups is 1. The molecular formula is C14H18N2O4. The minimum absolute atomic E-state index is 0.287. The van der Waals surface area contributed by atoms with Crippen LogP contribution in [0.3, 0.4) is 0 Å². The number of ether oxygens (including phenoxy) is 3. The second kappa shape index (κ2) is 4.77. The monoisotopic (exact) mass is 278 g/mol. The van der Waals surface area contributed by atoms with Crippen molar-refractivity contribution in [2.24, 2.45) is 0 Å². The van der Waals surface area contributed by atoms with Crippen molar-refractivity contribution >= 4 is 11.8 Å². The third kappa shape index (κ3) is 2.21. The Morgan fingerprint density at radius 1 is 1.35 bits per heavy atom. The molecule has 1 saturated heterocycles. The number of anilines is 1. The summed E-state index contributed by atoms with van der Waals surface area (Å²) in [6, 6.07) is 5.40. The Balaban J connectivity index is 1.71. The first kappa shape index (κ1) is 12.9. The van der Waals surface area contributed by atoms with Gasteiger partial charge < -0.3 is 24.8 Å². The van der Waals surface area contributed by atoms with Crippen LogP contribution in [0.2, 0.25) is 0 Å². The Morgan fingerprint density at radius 2 is 2.10 bits per heavy atom. The molecule has 0 saturated carbocycles. The smallest absolute Gasteiger partial charge is 0.409 e. The number of piperidine rings is 1. The van der Waals surface area contributed by atoms with Crippen molar-refractivity contribution in [1.29, 1.82) is 0 Å². The van der Waals surface area contributed by atoms with Gasteiger partial charge >= 0.3 is 6.09 Å². The first-order valence-corrected chi connectivity index (χ1v) is 6.66. The van der Waals surface area contributed by atoms with Crippen LogP contribution in [0.15, 0.2) is 18.2 Å². The quantitative estimate of drug-likeness (QED) is 0.730. The van der Waals surface area contributed by atoms with E-state index < -0.39 is 0 Å². The number of carbonyl (C=O) groups excluding carboxylic acids is 1. The first-order chi connectivity index (χ1) is 9.62. The molecule has 0 bridgehead atoms. The van der Waals surface area contributed by atoms with Crippen molar-refractivity contribution in [3.8, 4) is 11.5 Å². The summed E-state index contributed by atoms with van der Waals surface area (Å²) in [6.07, 6.45) is 1.17. The molecule has 3 rings (SSSR count). The molecule has 1 fully saturated rings. The standard InChI is InChI=1S/C14H18N2O4/c1-18-13(17)16-6-4-14(5-7-16)9-19-12-8-10(15)2-3-11(12)20-14/h2-3,8H,4-7,9,15H2,1H3. The third-order valence-electron chi connectivity index (χ3n) is 3.89. The molecule has 1 amide bonds. The van der Waals surface area contributed by atoms with Gasteiger partial charge in [-0.05, 0) is 12.1 Å². The molecule has 1 aromatic rings. The summed E-state index contributed by atoms with van der Waals surface area (Å²) < 4.78 is 16.6. The fraction of sp³-hybridized carbons (Fsp3) is 0.500. The number of fused-ring (bicyclic) bond motifs is 1.